The number of nitrogens with zero attached hydrogens (tertiary/aromatic N) is 2. The van der Waals surface area contributed by atoms with Crippen LogP contribution in [0.4, 0.5) is 4.79 Å². The molecular weight excluding hydrogens is 354 g/mol. The molecule has 6 heteroatoms. The number of benzene rings is 2. The van der Waals surface area contributed by atoms with Crippen molar-refractivity contribution in [1.82, 2.24) is 14.8 Å². The molecule has 0 radical (unpaired) electrons. The van der Waals surface area contributed by atoms with Crippen molar-refractivity contribution in [2.24, 2.45) is 0 Å². The predicted molar refractivity (Wildman–Crippen MR) is 110 cm³/mol. The second-order valence-electron chi connectivity index (χ2n) is 7.29. The molecule has 2 heterocycles. The van der Waals surface area contributed by atoms with Crippen LogP contribution in [0.5, 0.6) is 0 Å². The summed E-state index contributed by atoms with van der Waals surface area (Å²) >= 11 is 0. The van der Waals surface area contributed by atoms with E-state index < -0.39 is 6.09 Å². The molecule has 0 saturated carbocycles. The fourth-order valence-corrected chi connectivity index (χ4v) is 3.74. The predicted octanol–water partition coefficient (Wildman–Crippen LogP) is 3.30. The van der Waals surface area contributed by atoms with Crippen LogP contribution in [-0.4, -0.2) is 52.2 Å². The number of amides is 1. The van der Waals surface area contributed by atoms with Crippen molar-refractivity contribution in [1.29, 1.82) is 0 Å². The molecule has 1 saturated heterocycles. The zero-order valence-corrected chi connectivity index (χ0v) is 15.8. The highest BCUT2D eigenvalue weighted by atomic mass is 16.4. The Kier molecular flexibility index (Phi) is 4.88. The monoisotopic (exact) mass is 377 g/mol. The lowest BCUT2D eigenvalue weighted by atomic mass is 10.0. The Labute approximate surface area is 163 Å². The maximum atomic E-state index is 12.4. The number of pyridine rings is 1. The van der Waals surface area contributed by atoms with Gasteiger partial charge in [0.15, 0.2) is 0 Å². The van der Waals surface area contributed by atoms with Gasteiger partial charge >= 0.3 is 6.09 Å². The number of H-pyrrole nitrogens is 1. The van der Waals surface area contributed by atoms with Gasteiger partial charge in [-0.25, -0.2) is 4.79 Å². The molecule has 0 aliphatic carbocycles. The van der Waals surface area contributed by atoms with Crippen molar-refractivity contribution in [2.75, 3.05) is 26.2 Å². The summed E-state index contributed by atoms with van der Waals surface area (Å²) in [6.45, 7) is 5.38. The van der Waals surface area contributed by atoms with Gasteiger partial charge in [0.2, 0.25) is 0 Å². The van der Waals surface area contributed by atoms with Crippen LogP contribution >= 0.6 is 0 Å². The maximum Gasteiger partial charge on any atom is 0.407 e. The van der Waals surface area contributed by atoms with E-state index in [-0.39, 0.29) is 5.56 Å². The summed E-state index contributed by atoms with van der Waals surface area (Å²) in [6, 6.07) is 16.0. The van der Waals surface area contributed by atoms with Gasteiger partial charge in [-0.3, -0.25) is 9.69 Å². The second kappa shape index (κ2) is 7.48. The van der Waals surface area contributed by atoms with Gasteiger partial charge in [0.1, 0.15) is 0 Å². The smallest absolute Gasteiger partial charge is 0.407 e. The highest BCUT2D eigenvalue weighted by Gasteiger charge is 2.20. The number of carboxylic acid groups (broad SMARTS) is 1. The number of fused-ring (bicyclic) bond motifs is 1. The summed E-state index contributed by atoms with van der Waals surface area (Å²) in [7, 11) is 0. The van der Waals surface area contributed by atoms with E-state index in [1.165, 1.54) is 10.5 Å². The first-order chi connectivity index (χ1) is 13.5. The normalized spacial score (nSPS) is 15.1. The van der Waals surface area contributed by atoms with Gasteiger partial charge in [0, 0.05) is 43.8 Å². The summed E-state index contributed by atoms with van der Waals surface area (Å²) in [5.74, 6) is 0. The third kappa shape index (κ3) is 3.64. The Balaban J connectivity index is 1.51. The van der Waals surface area contributed by atoms with E-state index >= 15 is 0 Å². The van der Waals surface area contributed by atoms with Gasteiger partial charge < -0.3 is 15.0 Å². The van der Waals surface area contributed by atoms with Crippen LogP contribution < -0.4 is 5.56 Å². The first-order valence-corrected chi connectivity index (χ1v) is 9.43. The Bertz CT molecular complexity index is 1060. The molecule has 1 aliphatic rings. The van der Waals surface area contributed by atoms with Gasteiger partial charge in [0.25, 0.3) is 5.56 Å². The second-order valence-corrected chi connectivity index (χ2v) is 7.29. The number of hydrogen-bond donors (Lipinski definition) is 2. The molecule has 0 spiro atoms. The first-order valence-electron chi connectivity index (χ1n) is 9.43. The molecule has 2 aromatic carbocycles. The van der Waals surface area contributed by atoms with Gasteiger partial charge in [-0.05, 0) is 41.1 Å². The zero-order valence-electron chi connectivity index (χ0n) is 15.8. The fourth-order valence-electron chi connectivity index (χ4n) is 3.74. The maximum absolute atomic E-state index is 12.4. The average Bonchev–Trinajstić information content (AvgIpc) is 2.70. The van der Waals surface area contributed by atoms with E-state index in [0.29, 0.717) is 18.5 Å². The highest BCUT2D eigenvalue weighted by Crippen LogP contribution is 2.23. The van der Waals surface area contributed by atoms with Crippen molar-refractivity contribution in [3.63, 3.8) is 0 Å². The molecule has 0 atom stereocenters. The van der Waals surface area contributed by atoms with Gasteiger partial charge in [-0.1, -0.05) is 36.4 Å². The number of hydrogen-bond acceptors (Lipinski definition) is 3. The topological polar surface area (TPSA) is 76.6 Å². The van der Waals surface area contributed by atoms with Crippen molar-refractivity contribution >= 4 is 16.9 Å². The number of carbonyl (C=O) groups is 1. The van der Waals surface area contributed by atoms with Crippen LogP contribution in [0.3, 0.4) is 0 Å². The van der Waals surface area contributed by atoms with Crippen molar-refractivity contribution in [3.05, 3.63) is 70.0 Å². The number of piperazine rings is 1. The minimum Gasteiger partial charge on any atom is -0.465 e. The molecule has 3 aromatic rings. The van der Waals surface area contributed by atoms with E-state index in [1.54, 1.807) is 0 Å². The number of aromatic amines is 1. The number of aromatic nitrogens is 1. The third-order valence-electron chi connectivity index (χ3n) is 5.42. The Morgan fingerprint density at radius 3 is 2.43 bits per heavy atom. The summed E-state index contributed by atoms with van der Waals surface area (Å²) in [4.78, 5) is 30.1. The number of rotatable bonds is 3. The van der Waals surface area contributed by atoms with E-state index in [1.807, 2.05) is 43.3 Å². The fraction of sp³-hybridized carbons (Fsp3) is 0.273. The van der Waals surface area contributed by atoms with Crippen LogP contribution in [0.15, 0.2) is 53.3 Å². The lowest BCUT2D eigenvalue weighted by Crippen LogP contribution is -2.47. The molecule has 0 unspecified atom stereocenters. The largest absolute Gasteiger partial charge is 0.465 e. The number of aryl methyl sites for hydroxylation is 1. The van der Waals surface area contributed by atoms with Crippen molar-refractivity contribution in [2.45, 2.75) is 13.5 Å². The zero-order chi connectivity index (χ0) is 19.7. The Hall–Kier alpha value is -3.12. The molecule has 144 valence electrons. The molecule has 4 rings (SSSR count). The van der Waals surface area contributed by atoms with Gasteiger partial charge in [0.05, 0.1) is 0 Å². The van der Waals surface area contributed by atoms with Crippen molar-refractivity contribution in [3.8, 4) is 11.3 Å². The quantitative estimate of drug-likeness (QED) is 0.734. The summed E-state index contributed by atoms with van der Waals surface area (Å²) in [5, 5.41) is 10.7. The summed E-state index contributed by atoms with van der Waals surface area (Å²) < 4.78 is 0. The summed E-state index contributed by atoms with van der Waals surface area (Å²) in [5.41, 5.74) is 3.97. The third-order valence-corrected chi connectivity index (χ3v) is 5.42. The molecule has 1 fully saturated rings. The van der Waals surface area contributed by atoms with Crippen molar-refractivity contribution < 1.29 is 9.90 Å². The van der Waals surface area contributed by atoms with Gasteiger partial charge in [-0.2, -0.15) is 0 Å². The number of nitrogens with one attached hydrogen (secondary N) is 1. The molecule has 6 nitrogen and oxygen atoms in total. The van der Waals surface area contributed by atoms with Gasteiger partial charge in [-0.15, -0.1) is 0 Å². The molecule has 28 heavy (non-hydrogen) atoms. The molecule has 1 aliphatic heterocycles. The van der Waals surface area contributed by atoms with E-state index in [4.69, 9.17) is 5.11 Å². The minimum atomic E-state index is -0.844. The van der Waals surface area contributed by atoms with Crippen LogP contribution in [0, 0.1) is 6.92 Å². The van der Waals surface area contributed by atoms with E-state index in [2.05, 4.69) is 22.0 Å². The van der Waals surface area contributed by atoms with Crippen LogP contribution in [0.25, 0.3) is 22.0 Å². The average molecular weight is 377 g/mol. The molecule has 1 amide bonds. The lowest BCUT2D eigenvalue weighted by molar-refractivity contribution is 0.103. The van der Waals surface area contributed by atoms with E-state index in [9.17, 15) is 9.59 Å². The minimum absolute atomic E-state index is 0.0726. The SMILES string of the molecule is Cc1cccc2c(=O)[nH]c(-c3ccc(CN4CCN(C(=O)O)CC4)cc3)cc12. The van der Waals surface area contributed by atoms with E-state index in [0.717, 1.165) is 41.8 Å². The van der Waals surface area contributed by atoms with Crippen LogP contribution in [0.2, 0.25) is 0 Å². The molecule has 0 bridgehead atoms. The molecule has 2 N–H and O–H groups in total. The molecule has 1 aromatic heterocycles. The van der Waals surface area contributed by atoms with Crippen LogP contribution in [0.1, 0.15) is 11.1 Å². The highest BCUT2D eigenvalue weighted by molar-refractivity contribution is 5.87. The Morgan fingerprint density at radius 1 is 1.04 bits per heavy atom. The standard InChI is InChI=1S/C22H23N3O3/c1-15-3-2-4-18-19(15)13-20(23-21(18)26)17-7-5-16(6-8-17)14-24-9-11-25(12-10-24)22(27)28/h2-8,13H,9-12,14H2,1H3,(H,23,26)(H,27,28). The summed E-state index contributed by atoms with van der Waals surface area (Å²) in [6.07, 6.45) is -0.844. The van der Waals surface area contributed by atoms with Crippen LogP contribution in [-0.2, 0) is 6.54 Å². The lowest BCUT2D eigenvalue weighted by Gasteiger charge is -2.33. The Morgan fingerprint density at radius 2 is 1.75 bits per heavy atom. The first kappa shape index (κ1) is 18.3. The molecular formula is C22H23N3O3.